The molecule has 0 fully saturated rings. The average molecular weight is 951 g/mol. The van der Waals surface area contributed by atoms with Gasteiger partial charge in [0.15, 0.2) is 49.6 Å². The Morgan fingerprint density at radius 2 is 0.597 bits per heavy atom. The Morgan fingerprint density at radius 1 is 0.347 bits per heavy atom. The molecule has 2 aliphatic rings. The number of nitrogens with one attached hydrogen (secondary N) is 2. The number of H-pyrrole nitrogens is 2. The summed E-state index contributed by atoms with van der Waals surface area (Å²) in [6.07, 6.45) is 47.3. The first-order valence-corrected chi connectivity index (χ1v) is 26.1. The summed E-state index contributed by atoms with van der Waals surface area (Å²) in [7, 11) is 0. The highest BCUT2D eigenvalue weighted by Gasteiger charge is 2.22. The van der Waals surface area contributed by atoms with Gasteiger partial charge in [0.05, 0.1) is 22.8 Å². The number of hydrogen-bond acceptors (Lipinski definition) is 2. The molecule has 72 heavy (non-hydrogen) atoms. The quantitative estimate of drug-likeness (QED) is 0.0360. The maximum Gasteiger partial charge on any atom is 0.176 e. The van der Waals surface area contributed by atoms with Gasteiger partial charge in [-0.05, 0) is 124 Å². The van der Waals surface area contributed by atoms with Crippen molar-refractivity contribution in [2.24, 2.45) is 0 Å². The summed E-state index contributed by atoms with van der Waals surface area (Å²) in [5.74, 6) is 0. The molecule has 8 nitrogen and oxygen atoms in total. The molecule has 0 saturated heterocycles. The van der Waals surface area contributed by atoms with Crippen LogP contribution < -0.4 is 18.3 Å². The Morgan fingerprint density at radius 3 is 0.833 bits per heavy atom. The standard InChI is InChI=1S/C64H70N8/c1-5-9-13-17-37-69-41-21-25-49(45-69)61-53-29-31-55(65-53)62(50-26-22-42-70(46-50)38-18-14-10-6-2)57-33-35-59(67-57)64(52-28-24-44-72(48-52)40-20-16-12-8-4)60-36-34-58(68-60)63(56-32-30-54(61)66-56)51-27-23-43-71(47-51)39-19-15-11-7-3/h5-8,21-36,41-48,65,68H,1-4,9-20,37-40H2/q+4. The van der Waals surface area contributed by atoms with E-state index < -0.39 is 0 Å². The van der Waals surface area contributed by atoms with Crippen LogP contribution in [-0.2, 0) is 26.2 Å². The van der Waals surface area contributed by atoms with E-state index in [1.54, 1.807) is 0 Å². The Balaban J connectivity index is 1.33. The summed E-state index contributed by atoms with van der Waals surface area (Å²) in [5, 5.41) is 0. The summed E-state index contributed by atoms with van der Waals surface area (Å²) in [5.41, 5.74) is 16.0. The molecule has 9 rings (SSSR count). The van der Waals surface area contributed by atoms with Gasteiger partial charge in [-0.25, -0.2) is 28.2 Å². The maximum atomic E-state index is 5.63. The summed E-state index contributed by atoms with van der Waals surface area (Å²) in [6.45, 7) is 19.5. The molecular weight excluding hydrogens is 881 g/mol. The van der Waals surface area contributed by atoms with Crippen LogP contribution in [0.25, 0.3) is 90.9 Å². The summed E-state index contributed by atoms with van der Waals surface area (Å²) in [6, 6.07) is 26.4. The molecule has 0 spiro atoms. The Labute approximate surface area is 426 Å². The minimum atomic E-state index is 0.897. The highest BCUT2D eigenvalue weighted by atomic mass is 14.9. The normalized spacial score (nSPS) is 11.8. The van der Waals surface area contributed by atoms with Crippen molar-refractivity contribution in [1.82, 2.24) is 19.9 Å². The van der Waals surface area contributed by atoms with Crippen molar-refractivity contribution in [3.8, 4) is 44.5 Å². The van der Waals surface area contributed by atoms with Crippen molar-refractivity contribution in [2.45, 2.75) is 103 Å². The van der Waals surface area contributed by atoms with E-state index in [-0.39, 0.29) is 0 Å². The van der Waals surface area contributed by atoms with E-state index in [4.69, 9.17) is 9.97 Å². The third kappa shape index (κ3) is 11.8. The van der Waals surface area contributed by atoms with Gasteiger partial charge in [0.2, 0.25) is 0 Å². The molecule has 9 heterocycles. The second-order valence-corrected chi connectivity index (χ2v) is 19.0. The van der Waals surface area contributed by atoms with Crippen LogP contribution in [0, 0.1) is 0 Å². The smallest absolute Gasteiger partial charge is 0.176 e. The molecule has 0 aromatic carbocycles. The van der Waals surface area contributed by atoms with Crippen LogP contribution in [0.1, 0.15) is 99.8 Å². The van der Waals surface area contributed by atoms with Crippen LogP contribution in [0.15, 0.2) is 173 Å². The number of rotatable bonds is 24. The molecule has 0 amide bonds. The van der Waals surface area contributed by atoms with E-state index in [1.165, 1.54) is 0 Å². The number of allylic oxidation sites excluding steroid dienone is 4. The van der Waals surface area contributed by atoms with Crippen LogP contribution in [0.2, 0.25) is 0 Å². The van der Waals surface area contributed by atoms with E-state index >= 15 is 0 Å². The molecule has 0 atom stereocenters. The van der Waals surface area contributed by atoms with Gasteiger partial charge in [-0.15, -0.1) is 26.3 Å². The highest BCUT2D eigenvalue weighted by molar-refractivity contribution is 5.99. The van der Waals surface area contributed by atoms with Gasteiger partial charge in [-0.3, -0.25) is 0 Å². The van der Waals surface area contributed by atoms with Crippen LogP contribution in [0.5, 0.6) is 0 Å². The fourth-order valence-corrected chi connectivity index (χ4v) is 9.99. The summed E-state index contributed by atoms with van der Waals surface area (Å²) in [4.78, 5) is 19.2. The molecule has 0 radical (unpaired) electrons. The highest BCUT2D eigenvalue weighted by Crippen LogP contribution is 2.38. The first-order chi connectivity index (χ1) is 35.5. The zero-order chi connectivity index (χ0) is 49.5. The summed E-state index contributed by atoms with van der Waals surface area (Å²) < 4.78 is 9.24. The Kier molecular flexibility index (Phi) is 16.6. The number of aromatic nitrogens is 8. The van der Waals surface area contributed by atoms with Gasteiger partial charge in [-0.1, -0.05) is 24.3 Å². The first-order valence-electron chi connectivity index (χ1n) is 26.1. The molecule has 8 heteroatoms. The van der Waals surface area contributed by atoms with Crippen molar-refractivity contribution in [2.75, 3.05) is 0 Å². The lowest BCUT2D eigenvalue weighted by atomic mass is 10.1. The molecule has 8 bridgehead atoms. The predicted octanol–water partition coefficient (Wildman–Crippen LogP) is 13.9. The van der Waals surface area contributed by atoms with E-state index in [9.17, 15) is 0 Å². The predicted molar refractivity (Wildman–Crippen MR) is 298 cm³/mol. The lowest BCUT2D eigenvalue weighted by Crippen LogP contribution is -2.32. The molecule has 0 unspecified atom stereocenters. The van der Waals surface area contributed by atoms with Crippen LogP contribution in [0.3, 0.4) is 0 Å². The number of aryl methyl sites for hydroxylation is 4. The van der Waals surface area contributed by atoms with Crippen molar-refractivity contribution >= 4 is 46.4 Å². The third-order valence-corrected chi connectivity index (χ3v) is 13.6. The molecule has 0 aliphatic carbocycles. The number of fused-ring (bicyclic) bond motifs is 8. The van der Waals surface area contributed by atoms with Crippen molar-refractivity contribution in [1.29, 1.82) is 0 Å². The van der Waals surface area contributed by atoms with Crippen LogP contribution in [-0.4, -0.2) is 19.9 Å². The molecule has 7 aromatic rings. The van der Waals surface area contributed by atoms with Gasteiger partial charge in [0.1, 0.15) is 26.2 Å². The SMILES string of the molecule is C=CCCCC[n+]1cccc(-c2c3nc(c(-c4ccc[n+](CCCCC=C)c4)c4ccc([nH]4)c(-c4ccc[n+](CCCCC=C)c4)c4nc(c(-c5ccc[n+](CCCCC=C)c5)c5ccc2[nH]5)C=C4)C=C3)c1. The lowest BCUT2D eigenvalue weighted by molar-refractivity contribution is -0.697. The first kappa shape index (κ1) is 49.2. The second-order valence-electron chi connectivity index (χ2n) is 19.0. The molecule has 0 saturated carbocycles. The Hall–Kier alpha value is -7.84. The van der Waals surface area contributed by atoms with Gasteiger partial charge in [0, 0.05) is 117 Å². The number of pyridine rings is 4. The summed E-state index contributed by atoms with van der Waals surface area (Å²) >= 11 is 0. The van der Waals surface area contributed by atoms with Gasteiger partial charge < -0.3 is 9.97 Å². The lowest BCUT2D eigenvalue weighted by Gasteiger charge is -2.07. The average Bonchev–Trinajstić information content (AvgIpc) is 4.26. The topological polar surface area (TPSA) is 72.9 Å². The minimum absolute atomic E-state index is 0.897. The van der Waals surface area contributed by atoms with Crippen molar-refractivity contribution < 1.29 is 18.3 Å². The fourth-order valence-electron chi connectivity index (χ4n) is 9.99. The van der Waals surface area contributed by atoms with E-state index in [1.807, 2.05) is 24.3 Å². The molecule has 7 aromatic heterocycles. The van der Waals surface area contributed by atoms with E-state index in [2.05, 4.69) is 201 Å². The number of unbranched alkanes of at least 4 members (excludes halogenated alkanes) is 8. The van der Waals surface area contributed by atoms with Gasteiger partial charge in [-0.2, -0.15) is 0 Å². The Bertz CT molecular complexity index is 2880. The van der Waals surface area contributed by atoms with Crippen LogP contribution in [0.4, 0.5) is 0 Å². The third-order valence-electron chi connectivity index (χ3n) is 13.6. The minimum Gasteiger partial charge on any atom is -0.354 e. The molecular formula is C64H70N8+4. The van der Waals surface area contributed by atoms with Gasteiger partial charge in [0.25, 0.3) is 0 Å². The monoisotopic (exact) mass is 951 g/mol. The molecule has 362 valence electrons. The fraction of sp³-hybridized carbons (Fsp3) is 0.250. The van der Waals surface area contributed by atoms with E-state index in [0.29, 0.717) is 0 Å². The van der Waals surface area contributed by atoms with Crippen LogP contribution >= 0.6 is 0 Å². The van der Waals surface area contributed by atoms with Crippen molar-refractivity contribution in [3.05, 3.63) is 196 Å². The van der Waals surface area contributed by atoms with Crippen molar-refractivity contribution in [3.63, 3.8) is 0 Å². The molecule has 2 N–H and O–H groups in total. The second kappa shape index (κ2) is 24.3. The number of hydrogen-bond donors (Lipinski definition) is 2. The largest absolute Gasteiger partial charge is 0.354 e. The van der Waals surface area contributed by atoms with E-state index in [0.717, 1.165) is 193 Å². The zero-order valence-electron chi connectivity index (χ0n) is 42.0. The number of nitrogens with zero attached hydrogens (tertiary/aromatic N) is 6. The zero-order valence-corrected chi connectivity index (χ0v) is 42.0. The van der Waals surface area contributed by atoms with Gasteiger partial charge >= 0.3 is 0 Å². The molecule has 2 aliphatic heterocycles. The maximum absolute atomic E-state index is 5.63. The number of aromatic amines is 2.